The number of esters is 1. The van der Waals surface area contributed by atoms with Crippen LogP contribution in [0.15, 0.2) is 11.0 Å². The number of nitrogens with zero attached hydrogens (tertiary/aromatic N) is 1. The van der Waals surface area contributed by atoms with Crippen molar-refractivity contribution in [1.82, 2.24) is 10.2 Å². The van der Waals surface area contributed by atoms with Crippen LogP contribution in [0.4, 0.5) is 0 Å². The normalized spacial score (nSPS) is 9.57. The molecule has 0 amide bonds. The molecule has 0 saturated heterocycles. The maximum atomic E-state index is 10.9. The molecule has 1 heterocycles. The molecule has 0 aliphatic carbocycles. The third-order valence-corrected chi connectivity index (χ3v) is 1.69. The van der Waals surface area contributed by atoms with Gasteiger partial charge < -0.3 is 9.47 Å². The van der Waals surface area contributed by atoms with E-state index in [1.807, 2.05) is 0 Å². The van der Waals surface area contributed by atoms with E-state index in [0.717, 1.165) is 0 Å². The second-order valence-electron chi connectivity index (χ2n) is 2.24. The number of carbonyl (C=O) groups is 1. The van der Waals surface area contributed by atoms with Crippen LogP contribution in [0.1, 0.15) is 0 Å². The maximum absolute atomic E-state index is 10.9. The molecular formula is C7H7ClN2O4. The minimum absolute atomic E-state index is 0.0424. The predicted octanol–water partition coefficient (Wildman–Crippen LogP) is -0.0249. The molecule has 76 valence electrons. The summed E-state index contributed by atoms with van der Waals surface area (Å²) in [5.41, 5.74) is -0.575. The van der Waals surface area contributed by atoms with Crippen molar-refractivity contribution in [3.8, 4) is 5.75 Å². The third-order valence-electron chi connectivity index (χ3n) is 1.34. The van der Waals surface area contributed by atoms with E-state index >= 15 is 0 Å². The number of hydrogen-bond donors (Lipinski definition) is 1. The van der Waals surface area contributed by atoms with E-state index in [1.54, 1.807) is 0 Å². The molecule has 7 heteroatoms. The molecule has 1 N–H and O–H groups in total. The highest BCUT2D eigenvalue weighted by Gasteiger charge is 2.08. The summed E-state index contributed by atoms with van der Waals surface area (Å²) in [6, 6.07) is 0. The SMILES string of the molecule is COC(=O)COc1cn[nH]c(=O)c1Cl. The summed E-state index contributed by atoms with van der Waals surface area (Å²) in [6.45, 7) is -0.318. The molecule has 0 aromatic carbocycles. The van der Waals surface area contributed by atoms with Gasteiger partial charge in [-0.25, -0.2) is 9.89 Å². The molecule has 0 aliphatic heterocycles. The highest BCUT2D eigenvalue weighted by Crippen LogP contribution is 2.16. The van der Waals surface area contributed by atoms with E-state index in [9.17, 15) is 9.59 Å². The van der Waals surface area contributed by atoms with E-state index < -0.39 is 11.5 Å². The second kappa shape index (κ2) is 4.61. The van der Waals surface area contributed by atoms with Crippen LogP contribution >= 0.6 is 11.6 Å². The Hall–Kier alpha value is -1.56. The first-order chi connectivity index (χ1) is 6.65. The lowest BCUT2D eigenvalue weighted by Crippen LogP contribution is -2.15. The Morgan fingerprint density at radius 2 is 2.43 bits per heavy atom. The van der Waals surface area contributed by atoms with Crippen LogP contribution < -0.4 is 10.3 Å². The summed E-state index contributed by atoms with van der Waals surface area (Å²) < 4.78 is 9.21. The fourth-order valence-corrected chi connectivity index (χ4v) is 0.809. The topological polar surface area (TPSA) is 81.3 Å². The lowest BCUT2D eigenvalue weighted by Gasteiger charge is -2.04. The smallest absolute Gasteiger partial charge is 0.343 e. The summed E-state index contributed by atoms with van der Waals surface area (Å²) in [4.78, 5) is 21.6. The van der Waals surface area contributed by atoms with Gasteiger partial charge in [0, 0.05) is 0 Å². The zero-order valence-corrected chi connectivity index (χ0v) is 8.00. The Labute approximate surface area is 83.8 Å². The molecule has 1 aromatic rings. The van der Waals surface area contributed by atoms with Crippen LogP contribution in [0.5, 0.6) is 5.75 Å². The molecule has 0 atom stereocenters. The molecule has 0 spiro atoms. The Bertz CT molecular complexity index is 390. The molecule has 14 heavy (non-hydrogen) atoms. The number of nitrogens with one attached hydrogen (secondary N) is 1. The fraction of sp³-hybridized carbons (Fsp3) is 0.286. The van der Waals surface area contributed by atoms with E-state index in [2.05, 4.69) is 14.9 Å². The minimum Gasteiger partial charge on any atom is -0.478 e. The number of ether oxygens (including phenoxy) is 2. The largest absolute Gasteiger partial charge is 0.478 e. The average Bonchev–Trinajstić information content (AvgIpc) is 2.20. The van der Waals surface area contributed by atoms with Gasteiger partial charge in [-0.3, -0.25) is 4.79 Å². The van der Waals surface area contributed by atoms with E-state index in [1.165, 1.54) is 13.3 Å². The van der Waals surface area contributed by atoms with Crippen molar-refractivity contribution >= 4 is 17.6 Å². The molecule has 1 aromatic heterocycles. The lowest BCUT2D eigenvalue weighted by molar-refractivity contribution is -0.142. The van der Waals surface area contributed by atoms with Crippen molar-refractivity contribution in [3.05, 3.63) is 21.6 Å². The number of halogens is 1. The standard InChI is InChI=1S/C7H7ClN2O4/c1-13-5(11)3-14-4-2-9-10-7(12)6(4)8/h2H,3H2,1H3,(H,10,12). The fourth-order valence-electron chi connectivity index (χ4n) is 0.663. The summed E-state index contributed by atoms with van der Waals surface area (Å²) in [5.74, 6) is -0.526. The summed E-state index contributed by atoms with van der Waals surface area (Å²) >= 11 is 5.56. The molecule has 0 aliphatic rings. The molecular weight excluding hydrogens is 212 g/mol. The quantitative estimate of drug-likeness (QED) is 0.721. The van der Waals surface area contributed by atoms with Crippen molar-refractivity contribution in [2.75, 3.05) is 13.7 Å². The number of carbonyl (C=O) groups excluding carboxylic acids is 1. The van der Waals surface area contributed by atoms with Crippen LogP contribution in [0, 0.1) is 0 Å². The van der Waals surface area contributed by atoms with Crippen molar-refractivity contribution in [3.63, 3.8) is 0 Å². The van der Waals surface area contributed by atoms with Crippen LogP contribution in [0.2, 0.25) is 5.02 Å². The first kappa shape index (κ1) is 10.5. The third kappa shape index (κ3) is 2.46. The first-order valence-corrected chi connectivity index (χ1v) is 3.95. The van der Waals surface area contributed by atoms with Gasteiger partial charge in [0.1, 0.15) is 0 Å². The predicted molar refractivity (Wildman–Crippen MR) is 47.4 cm³/mol. The summed E-state index contributed by atoms with van der Waals surface area (Å²) in [7, 11) is 1.23. The Morgan fingerprint density at radius 1 is 1.71 bits per heavy atom. The van der Waals surface area contributed by atoms with Crippen LogP contribution in [-0.2, 0) is 9.53 Å². The van der Waals surface area contributed by atoms with Crippen molar-refractivity contribution < 1.29 is 14.3 Å². The van der Waals surface area contributed by atoms with Gasteiger partial charge >= 0.3 is 5.97 Å². The number of H-pyrrole nitrogens is 1. The van der Waals surface area contributed by atoms with Gasteiger partial charge in [0.25, 0.3) is 5.56 Å². The molecule has 0 unspecified atom stereocenters. The zero-order valence-electron chi connectivity index (χ0n) is 7.24. The monoisotopic (exact) mass is 218 g/mol. The second-order valence-corrected chi connectivity index (χ2v) is 2.62. The molecule has 0 fully saturated rings. The van der Waals surface area contributed by atoms with Gasteiger partial charge in [0.05, 0.1) is 13.3 Å². The van der Waals surface area contributed by atoms with Crippen molar-refractivity contribution in [1.29, 1.82) is 0 Å². The number of hydrogen-bond acceptors (Lipinski definition) is 5. The summed E-state index contributed by atoms with van der Waals surface area (Å²) in [6.07, 6.45) is 1.20. The van der Waals surface area contributed by atoms with E-state index in [-0.39, 0.29) is 17.4 Å². The zero-order chi connectivity index (χ0) is 10.6. The molecule has 6 nitrogen and oxygen atoms in total. The van der Waals surface area contributed by atoms with Crippen LogP contribution in [-0.4, -0.2) is 29.9 Å². The van der Waals surface area contributed by atoms with Gasteiger partial charge in [-0.2, -0.15) is 5.10 Å². The van der Waals surface area contributed by atoms with Gasteiger partial charge in [-0.1, -0.05) is 11.6 Å². The Kier molecular flexibility index (Phi) is 3.47. The molecule has 0 bridgehead atoms. The van der Waals surface area contributed by atoms with Crippen molar-refractivity contribution in [2.45, 2.75) is 0 Å². The van der Waals surface area contributed by atoms with Gasteiger partial charge in [0.15, 0.2) is 17.4 Å². The summed E-state index contributed by atoms with van der Waals surface area (Å²) in [5, 5.41) is 5.41. The molecule has 0 saturated carbocycles. The number of aromatic nitrogens is 2. The van der Waals surface area contributed by atoms with Gasteiger partial charge in [-0.05, 0) is 0 Å². The van der Waals surface area contributed by atoms with Gasteiger partial charge in [-0.15, -0.1) is 0 Å². The Balaban J connectivity index is 2.73. The first-order valence-electron chi connectivity index (χ1n) is 3.58. The number of methoxy groups -OCH3 is 1. The molecule has 0 radical (unpaired) electrons. The number of aromatic amines is 1. The van der Waals surface area contributed by atoms with Crippen LogP contribution in [0.3, 0.4) is 0 Å². The Morgan fingerprint density at radius 3 is 3.07 bits per heavy atom. The van der Waals surface area contributed by atoms with Crippen molar-refractivity contribution in [2.24, 2.45) is 0 Å². The molecule has 1 rings (SSSR count). The minimum atomic E-state index is -0.575. The van der Waals surface area contributed by atoms with E-state index in [0.29, 0.717) is 0 Å². The lowest BCUT2D eigenvalue weighted by atomic mass is 10.5. The highest BCUT2D eigenvalue weighted by molar-refractivity contribution is 6.31. The van der Waals surface area contributed by atoms with Crippen LogP contribution in [0.25, 0.3) is 0 Å². The number of rotatable bonds is 3. The van der Waals surface area contributed by atoms with Gasteiger partial charge in [0.2, 0.25) is 0 Å². The highest BCUT2D eigenvalue weighted by atomic mass is 35.5. The van der Waals surface area contributed by atoms with E-state index in [4.69, 9.17) is 16.3 Å². The average molecular weight is 219 g/mol. The maximum Gasteiger partial charge on any atom is 0.343 e.